The second kappa shape index (κ2) is 4.88. The quantitative estimate of drug-likeness (QED) is 0.830. The van der Waals surface area contributed by atoms with Crippen LogP contribution in [0.25, 0.3) is 11.1 Å². The van der Waals surface area contributed by atoms with Crippen molar-refractivity contribution >= 4 is 15.9 Å². The fraction of sp³-hybridized carbons (Fsp3) is 0.214. The maximum Gasteiger partial charge on any atom is 0.143 e. The first-order valence-electron chi connectivity index (χ1n) is 5.38. The second-order valence-electron chi connectivity index (χ2n) is 4.02. The number of nitrogens with zero attached hydrogens (tertiary/aromatic N) is 1. The molecule has 1 aromatic carbocycles. The van der Waals surface area contributed by atoms with Gasteiger partial charge in [-0.2, -0.15) is 0 Å². The van der Waals surface area contributed by atoms with Crippen LogP contribution in [0.5, 0.6) is 5.75 Å². The molecule has 0 aliphatic carbocycles. The van der Waals surface area contributed by atoms with E-state index in [-0.39, 0.29) is 0 Å². The first-order valence-corrected chi connectivity index (χ1v) is 6.18. The molecule has 0 aliphatic heterocycles. The molecule has 2 nitrogen and oxygen atoms in total. The molecule has 3 heteroatoms. The molecule has 0 unspecified atom stereocenters. The number of aryl methyl sites for hydroxylation is 2. The van der Waals surface area contributed by atoms with Gasteiger partial charge in [0.2, 0.25) is 0 Å². The molecule has 1 aromatic heterocycles. The van der Waals surface area contributed by atoms with Crippen molar-refractivity contribution in [3.8, 4) is 16.9 Å². The van der Waals surface area contributed by atoms with E-state index in [2.05, 4.69) is 53.0 Å². The Labute approximate surface area is 110 Å². The zero-order chi connectivity index (χ0) is 12.4. The summed E-state index contributed by atoms with van der Waals surface area (Å²) in [5, 5.41) is 0. The van der Waals surface area contributed by atoms with Crippen LogP contribution >= 0.6 is 15.9 Å². The largest absolute Gasteiger partial charge is 0.495 e. The van der Waals surface area contributed by atoms with Gasteiger partial charge in [-0.05, 0) is 40.9 Å². The van der Waals surface area contributed by atoms with Crippen molar-refractivity contribution in [2.45, 2.75) is 13.8 Å². The van der Waals surface area contributed by atoms with Crippen molar-refractivity contribution in [3.63, 3.8) is 0 Å². The Kier molecular flexibility index (Phi) is 3.48. The van der Waals surface area contributed by atoms with Crippen molar-refractivity contribution in [2.75, 3.05) is 7.11 Å². The van der Waals surface area contributed by atoms with Crippen molar-refractivity contribution < 1.29 is 4.74 Å². The summed E-state index contributed by atoms with van der Waals surface area (Å²) in [7, 11) is 1.67. The average Bonchev–Trinajstić information content (AvgIpc) is 2.29. The third-order valence-corrected chi connectivity index (χ3v) is 3.29. The normalized spacial score (nSPS) is 10.4. The predicted octanol–water partition coefficient (Wildman–Crippen LogP) is 4.14. The van der Waals surface area contributed by atoms with E-state index >= 15 is 0 Å². The zero-order valence-corrected chi connectivity index (χ0v) is 11.7. The first kappa shape index (κ1) is 12.1. The number of halogens is 1. The van der Waals surface area contributed by atoms with Crippen LogP contribution in [0.2, 0.25) is 0 Å². The molecule has 0 atom stereocenters. The maximum absolute atomic E-state index is 5.43. The lowest BCUT2D eigenvalue weighted by atomic mass is 9.99. The number of aromatic nitrogens is 1. The van der Waals surface area contributed by atoms with E-state index in [1.807, 2.05) is 6.20 Å². The van der Waals surface area contributed by atoms with Gasteiger partial charge in [-0.15, -0.1) is 0 Å². The van der Waals surface area contributed by atoms with Crippen LogP contribution in [0.3, 0.4) is 0 Å². The van der Waals surface area contributed by atoms with Gasteiger partial charge in [-0.3, -0.25) is 4.98 Å². The molecular weight excluding hydrogens is 278 g/mol. The van der Waals surface area contributed by atoms with E-state index < -0.39 is 0 Å². The number of rotatable bonds is 2. The van der Waals surface area contributed by atoms with E-state index in [4.69, 9.17) is 4.74 Å². The van der Waals surface area contributed by atoms with Crippen molar-refractivity contribution in [3.05, 3.63) is 46.2 Å². The highest BCUT2D eigenvalue weighted by molar-refractivity contribution is 9.10. The Balaban J connectivity index is 2.64. The van der Waals surface area contributed by atoms with Gasteiger partial charge in [0.25, 0.3) is 0 Å². The highest BCUT2D eigenvalue weighted by atomic mass is 79.9. The lowest BCUT2D eigenvalue weighted by molar-refractivity contribution is 0.413. The van der Waals surface area contributed by atoms with Crippen LogP contribution in [0.4, 0.5) is 0 Å². The number of methoxy groups -OCH3 is 1. The van der Waals surface area contributed by atoms with Crippen LogP contribution in [-0.4, -0.2) is 12.1 Å². The molecule has 88 valence electrons. The fourth-order valence-corrected chi connectivity index (χ4v) is 2.43. The monoisotopic (exact) mass is 291 g/mol. The molecule has 2 rings (SSSR count). The Morgan fingerprint density at radius 3 is 2.53 bits per heavy atom. The van der Waals surface area contributed by atoms with Gasteiger partial charge in [-0.25, -0.2) is 0 Å². The van der Waals surface area contributed by atoms with Gasteiger partial charge < -0.3 is 4.74 Å². The van der Waals surface area contributed by atoms with E-state index in [9.17, 15) is 0 Å². The van der Waals surface area contributed by atoms with E-state index in [0.717, 1.165) is 21.3 Å². The Morgan fingerprint density at radius 1 is 1.12 bits per heavy atom. The minimum atomic E-state index is 0.826. The molecule has 0 spiro atoms. The van der Waals surface area contributed by atoms with Crippen LogP contribution in [0.15, 0.2) is 35.1 Å². The molecule has 0 saturated carbocycles. The van der Waals surface area contributed by atoms with Gasteiger partial charge in [0.05, 0.1) is 11.6 Å². The van der Waals surface area contributed by atoms with Gasteiger partial charge in [-0.1, -0.05) is 23.8 Å². The zero-order valence-electron chi connectivity index (χ0n) is 10.1. The molecule has 0 radical (unpaired) electrons. The van der Waals surface area contributed by atoms with Gasteiger partial charge in [0, 0.05) is 18.0 Å². The third kappa shape index (κ3) is 2.34. The topological polar surface area (TPSA) is 22.1 Å². The summed E-state index contributed by atoms with van der Waals surface area (Å²) < 4.78 is 6.30. The van der Waals surface area contributed by atoms with Crippen LogP contribution in [-0.2, 0) is 0 Å². The average molecular weight is 292 g/mol. The fourth-order valence-electron chi connectivity index (χ4n) is 1.94. The number of hydrogen-bond donors (Lipinski definition) is 0. The minimum absolute atomic E-state index is 0.826. The number of pyridine rings is 1. The summed E-state index contributed by atoms with van der Waals surface area (Å²) in [4.78, 5) is 4.21. The van der Waals surface area contributed by atoms with Crippen molar-refractivity contribution in [1.82, 2.24) is 4.98 Å². The van der Waals surface area contributed by atoms with Gasteiger partial charge in [0.15, 0.2) is 0 Å². The van der Waals surface area contributed by atoms with Crippen LogP contribution in [0.1, 0.15) is 11.1 Å². The van der Waals surface area contributed by atoms with Gasteiger partial charge >= 0.3 is 0 Å². The molecule has 17 heavy (non-hydrogen) atoms. The molecule has 0 aliphatic rings. The summed E-state index contributed by atoms with van der Waals surface area (Å²) in [5.41, 5.74) is 4.65. The maximum atomic E-state index is 5.43. The van der Waals surface area contributed by atoms with Crippen LogP contribution in [0, 0.1) is 13.8 Å². The van der Waals surface area contributed by atoms with E-state index in [1.54, 1.807) is 13.3 Å². The highest BCUT2D eigenvalue weighted by Crippen LogP contribution is 2.36. The Hall–Kier alpha value is -1.35. The number of ether oxygens (including phenoxy) is 1. The summed E-state index contributed by atoms with van der Waals surface area (Å²) in [5.74, 6) is 0.826. The highest BCUT2D eigenvalue weighted by Gasteiger charge is 2.11. The molecule has 0 saturated heterocycles. The Bertz CT molecular complexity index is 552. The van der Waals surface area contributed by atoms with Gasteiger partial charge in [0.1, 0.15) is 5.75 Å². The van der Waals surface area contributed by atoms with E-state index in [0.29, 0.717) is 0 Å². The molecule has 2 aromatic rings. The molecule has 0 N–H and O–H groups in total. The smallest absolute Gasteiger partial charge is 0.143 e. The standard InChI is InChI=1S/C14H14BrNO/c1-9-4-5-11(10(2)6-9)12-7-16-8-13(15)14(12)17-3/h4-8H,1-3H3. The molecule has 1 heterocycles. The Morgan fingerprint density at radius 2 is 1.88 bits per heavy atom. The predicted molar refractivity (Wildman–Crippen MR) is 73.4 cm³/mol. The van der Waals surface area contributed by atoms with Crippen molar-refractivity contribution in [2.24, 2.45) is 0 Å². The van der Waals surface area contributed by atoms with E-state index in [1.165, 1.54) is 11.1 Å². The number of hydrogen-bond acceptors (Lipinski definition) is 2. The molecule has 0 amide bonds. The van der Waals surface area contributed by atoms with Crippen LogP contribution < -0.4 is 4.74 Å². The summed E-state index contributed by atoms with van der Waals surface area (Å²) in [6.07, 6.45) is 3.58. The third-order valence-electron chi connectivity index (χ3n) is 2.73. The summed E-state index contributed by atoms with van der Waals surface area (Å²) in [6.45, 7) is 4.19. The summed E-state index contributed by atoms with van der Waals surface area (Å²) >= 11 is 3.46. The first-order chi connectivity index (χ1) is 8.13. The molecule has 0 fully saturated rings. The van der Waals surface area contributed by atoms with Crippen molar-refractivity contribution in [1.29, 1.82) is 0 Å². The molecule has 0 bridgehead atoms. The SMILES string of the molecule is COc1c(Br)cncc1-c1ccc(C)cc1C. The lowest BCUT2D eigenvalue weighted by Gasteiger charge is -2.12. The molecular formula is C14H14BrNO. The minimum Gasteiger partial charge on any atom is -0.495 e. The lowest BCUT2D eigenvalue weighted by Crippen LogP contribution is -1.92. The number of benzene rings is 1. The second-order valence-corrected chi connectivity index (χ2v) is 4.87. The summed E-state index contributed by atoms with van der Waals surface area (Å²) in [6, 6.07) is 6.37.